The zero-order valence-corrected chi connectivity index (χ0v) is 12.5. The first-order chi connectivity index (χ1) is 9.95. The van der Waals surface area contributed by atoms with Gasteiger partial charge in [-0.3, -0.25) is 9.59 Å². The number of amides is 2. The van der Waals surface area contributed by atoms with Crippen LogP contribution in [0.1, 0.15) is 38.9 Å². The number of piperazine rings is 1. The van der Waals surface area contributed by atoms with Crippen LogP contribution >= 0.6 is 0 Å². The summed E-state index contributed by atoms with van der Waals surface area (Å²) in [4.78, 5) is 28.2. The van der Waals surface area contributed by atoms with E-state index >= 15 is 0 Å². The van der Waals surface area contributed by atoms with Gasteiger partial charge in [0.25, 0.3) is 0 Å². The second kappa shape index (κ2) is 4.78. The van der Waals surface area contributed by atoms with E-state index in [1.165, 1.54) is 4.80 Å². The van der Waals surface area contributed by atoms with Crippen molar-refractivity contribution in [3.8, 4) is 0 Å². The van der Waals surface area contributed by atoms with E-state index < -0.39 is 11.6 Å². The van der Waals surface area contributed by atoms with Gasteiger partial charge in [-0.2, -0.15) is 4.80 Å². The van der Waals surface area contributed by atoms with Gasteiger partial charge in [-0.05, 0) is 37.3 Å². The van der Waals surface area contributed by atoms with Crippen molar-refractivity contribution < 1.29 is 9.59 Å². The molecule has 1 N–H and O–H groups in total. The molecule has 2 unspecified atom stereocenters. The molecule has 2 aliphatic rings. The van der Waals surface area contributed by atoms with E-state index in [1.807, 2.05) is 6.92 Å². The maximum Gasteiger partial charge on any atom is 0.246 e. The molecule has 2 heterocycles. The van der Waals surface area contributed by atoms with Crippen molar-refractivity contribution >= 4 is 11.8 Å². The number of carbonyl (C=O) groups is 2. The highest BCUT2D eigenvalue weighted by Gasteiger charge is 2.52. The van der Waals surface area contributed by atoms with Crippen molar-refractivity contribution in [2.45, 2.75) is 51.2 Å². The molecule has 8 nitrogen and oxygen atoms in total. The minimum Gasteiger partial charge on any atom is -0.342 e. The molecule has 0 aromatic carbocycles. The lowest BCUT2D eigenvalue weighted by molar-refractivity contribution is -0.158. The molecule has 21 heavy (non-hydrogen) atoms. The fraction of sp³-hybridized carbons (Fsp3) is 0.769. The van der Waals surface area contributed by atoms with Crippen LogP contribution in [0.4, 0.5) is 0 Å². The third-order valence-corrected chi connectivity index (χ3v) is 4.53. The standard InChI is InChI=1S/C13H20N6O2/c1-4-13(2)12(21)14-10(8-5-6-8)11(20)19(13)7-9-15-17-18(3)16-9/h8,10H,4-7H2,1-3H3,(H,14,21). The number of nitrogens with one attached hydrogen (secondary N) is 1. The molecule has 114 valence electrons. The summed E-state index contributed by atoms with van der Waals surface area (Å²) in [7, 11) is 1.67. The summed E-state index contributed by atoms with van der Waals surface area (Å²) in [5.74, 6) is 0.606. The molecule has 1 aliphatic heterocycles. The number of hydrogen-bond acceptors (Lipinski definition) is 5. The molecule has 2 atom stereocenters. The first-order valence-corrected chi connectivity index (χ1v) is 7.31. The summed E-state index contributed by atoms with van der Waals surface area (Å²) in [5.41, 5.74) is -0.859. The molecule has 3 rings (SSSR count). The Hall–Kier alpha value is -1.99. The van der Waals surface area contributed by atoms with Crippen LogP contribution in [0.15, 0.2) is 0 Å². The average Bonchev–Trinajstić information content (AvgIpc) is 3.22. The molecule has 1 aromatic heterocycles. The smallest absolute Gasteiger partial charge is 0.246 e. The highest BCUT2D eigenvalue weighted by Crippen LogP contribution is 2.37. The van der Waals surface area contributed by atoms with Crippen molar-refractivity contribution in [1.82, 2.24) is 30.4 Å². The van der Waals surface area contributed by atoms with Gasteiger partial charge in [0.05, 0.1) is 13.6 Å². The molecule has 1 saturated heterocycles. The quantitative estimate of drug-likeness (QED) is 0.816. The van der Waals surface area contributed by atoms with E-state index in [0.29, 0.717) is 12.2 Å². The number of tetrazole rings is 1. The predicted molar refractivity (Wildman–Crippen MR) is 72.7 cm³/mol. The number of carbonyl (C=O) groups excluding carboxylic acids is 2. The molecular weight excluding hydrogens is 272 g/mol. The Morgan fingerprint density at radius 2 is 2.10 bits per heavy atom. The third-order valence-electron chi connectivity index (χ3n) is 4.53. The number of rotatable bonds is 4. The van der Waals surface area contributed by atoms with Gasteiger partial charge in [-0.25, -0.2) is 0 Å². The average molecular weight is 292 g/mol. The molecule has 1 aliphatic carbocycles. The van der Waals surface area contributed by atoms with Gasteiger partial charge in [0, 0.05) is 0 Å². The van der Waals surface area contributed by atoms with Crippen LogP contribution in [0.2, 0.25) is 0 Å². The second-order valence-electron chi connectivity index (χ2n) is 6.04. The van der Waals surface area contributed by atoms with Crippen molar-refractivity contribution in [3.63, 3.8) is 0 Å². The molecule has 8 heteroatoms. The van der Waals surface area contributed by atoms with E-state index in [1.54, 1.807) is 18.9 Å². The van der Waals surface area contributed by atoms with Crippen molar-refractivity contribution in [2.75, 3.05) is 0 Å². The highest BCUT2D eigenvalue weighted by atomic mass is 16.2. The third kappa shape index (κ3) is 2.28. The van der Waals surface area contributed by atoms with Gasteiger partial charge >= 0.3 is 0 Å². The van der Waals surface area contributed by atoms with Crippen molar-refractivity contribution in [1.29, 1.82) is 0 Å². The van der Waals surface area contributed by atoms with Crippen LogP contribution in [-0.4, -0.2) is 48.5 Å². The normalized spacial score (nSPS) is 29.7. The highest BCUT2D eigenvalue weighted by molar-refractivity contribution is 5.99. The van der Waals surface area contributed by atoms with Gasteiger partial charge < -0.3 is 10.2 Å². The number of hydrogen-bond donors (Lipinski definition) is 1. The lowest BCUT2D eigenvalue weighted by atomic mass is 9.89. The van der Waals surface area contributed by atoms with Gasteiger partial charge in [0.15, 0.2) is 5.82 Å². The Morgan fingerprint density at radius 3 is 2.62 bits per heavy atom. The second-order valence-corrected chi connectivity index (χ2v) is 6.04. The van der Waals surface area contributed by atoms with Gasteiger partial charge in [0.1, 0.15) is 11.6 Å². The summed E-state index contributed by atoms with van der Waals surface area (Å²) >= 11 is 0. The summed E-state index contributed by atoms with van der Waals surface area (Å²) in [6, 6.07) is -0.395. The summed E-state index contributed by atoms with van der Waals surface area (Å²) < 4.78 is 0. The molecule has 2 amide bonds. The van der Waals surface area contributed by atoms with Gasteiger partial charge in [0.2, 0.25) is 11.8 Å². The van der Waals surface area contributed by atoms with Crippen LogP contribution < -0.4 is 5.32 Å². The Labute approximate surface area is 122 Å². The maximum absolute atomic E-state index is 12.8. The molecule has 0 bridgehead atoms. The molecular formula is C13H20N6O2. The Kier molecular flexibility index (Phi) is 3.18. The molecule has 2 fully saturated rings. The molecule has 0 spiro atoms. The fourth-order valence-electron chi connectivity index (χ4n) is 2.77. The summed E-state index contributed by atoms with van der Waals surface area (Å²) in [5, 5.41) is 14.7. The van der Waals surface area contributed by atoms with E-state index in [-0.39, 0.29) is 24.3 Å². The number of aryl methyl sites for hydroxylation is 1. The molecule has 0 radical (unpaired) electrons. The van der Waals surface area contributed by atoms with Crippen molar-refractivity contribution in [3.05, 3.63) is 5.82 Å². The Balaban J connectivity index is 1.90. The van der Waals surface area contributed by atoms with Crippen LogP contribution in [-0.2, 0) is 23.2 Å². The topological polar surface area (TPSA) is 93.0 Å². The van der Waals surface area contributed by atoms with Gasteiger partial charge in [-0.15, -0.1) is 10.2 Å². The van der Waals surface area contributed by atoms with Crippen LogP contribution in [0.25, 0.3) is 0 Å². The Bertz CT molecular complexity index is 581. The predicted octanol–water partition coefficient (Wildman–Crippen LogP) is -0.384. The minimum atomic E-state index is -0.859. The fourth-order valence-corrected chi connectivity index (χ4v) is 2.77. The zero-order chi connectivity index (χ0) is 15.2. The van der Waals surface area contributed by atoms with E-state index in [9.17, 15) is 9.59 Å². The molecule has 1 saturated carbocycles. The largest absolute Gasteiger partial charge is 0.342 e. The number of aromatic nitrogens is 4. The lowest BCUT2D eigenvalue weighted by Gasteiger charge is -2.45. The monoisotopic (exact) mass is 292 g/mol. The van der Waals surface area contributed by atoms with Crippen LogP contribution in [0, 0.1) is 5.92 Å². The zero-order valence-electron chi connectivity index (χ0n) is 12.5. The first-order valence-electron chi connectivity index (χ1n) is 7.31. The maximum atomic E-state index is 12.8. The van der Waals surface area contributed by atoms with E-state index in [2.05, 4.69) is 20.7 Å². The lowest BCUT2D eigenvalue weighted by Crippen LogP contribution is -2.69. The SMILES string of the molecule is CCC1(C)C(=O)NC(C2CC2)C(=O)N1Cc1nnn(C)n1. The van der Waals surface area contributed by atoms with Crippen LogP contribution in [0.5, 0.6) is 0 Å². The first kappa shape index (κ1) is 14.0. The van der Waals surface area contributed by atoms with E-state index in [4.69, 9.17) is 0 Å². The summed E-state index contributed by atoms with van der Waals surface area (Å²) in [6.07, 6.45) is 2.54. The summed E-state index contributed by atoms with van der Waals surface area (Å²) in [6.45, 7) is 3.91. The van der Waals surface area contributed by atoms with E-state index in [0.717, 1.165) is 12.8 Å². The van der Waals surface area contributed by atoms with Crippen molar-refractivity contribution in [2.24, 2.45) is 13.0 Å². The minimum absolute atomic E-state index is 0.0334. The Morgan fingerprint density at radius 1 is 1.38 bits per heavy atom. The van der Waals surface area contributed by atoms with Crippen LogP contribution in [0.3, 0.4) is 0 Å². The molecule has 1 aromatic rings. The van der Waals surface area contributed by atoms with Gasteiger partial charge in [-0.1, -0.05) is 6.92 Å². The number of nitrogens with zero attached hydrogens (tertiary/aromatic N) is 5.